The first-order valence-electron chi connectivity index (χ1n) is 6.77. The van der Waals surface area contributed by atoms with Crippen molar-refractivity contribution in [3.8, 4) is 5.88 Å². The predicted octanol–water partition coefficient (Wildman–Crippen LogP) is 1.95. The van der Waals surface area contributed by atoms with E-state index < -0.39 is 5.54 Å². The largest absolute Gasteiger partial charge is 0.480 e. The lowest BCUT2D eigenvalue weighted by Crippen LogP contribution is -2.50. The molecule has 0 aliphatic carbocycles. The molecule has 0 saturated carbocycles. The molecule has 2 rings (SSSR count). The van der Waals surface area contributed by atoms with Gasteiger partial charge in [-0.3, -0.25) is 4.79 Å². The number of anilines is 1. The highest BCUT2D eigenvalue weighted by atomic mass is 16.5. The molecule has 0 bridgehead atoms. The molecule has 1 amide bonds. The molecule has 0 aromatic carbocycles. The summed E-state index contributed by atoms with van der Waals surface area (Å²) >= 11 is 0. The summed E-state index contributed by atoms with van der Waals surface area (Å²) < 4.78 is 5.16. The fourth-order valence-electron chi connectivity index (χ4n) is 2.64. The maximum atomic E-state index is 12.5. The third kappa shape index (κ3) is 2.87. The Morgan fingerprint density at radius 2 is 2.47 bits per heavy atom. The fourth-order valence-corrected chi connectivity index (χ4v) is 2.64. The van der Waals surface area contributed by atoms with Crippen LogP contribution < -0.4 is 15.4 Å². The number of amides is 1. The molecule has 1 aliphatic rings. The van der Waals surface area contributed by atoms with E-state index in [-0.39, 0.29) is 5.91 Å². The van der Waals surface area contributed by atoms with Gasteiger partial charge in [-0.15, -0.1) is 0 Å². The van der Waals surface area contributed by atoms with Crippen LogP contribution in [0.2, 0.25) is 0 Å². The van der Waals surface area contributed by atoms with Crippen molar-refractivity contribution >= 4 is 11.6 Å². The number of aromatic nitrogens is 1. The number of carbonyl (C=O) groups is 1. The van der Waals surface area contributed by atoms with Crippen molar-refractivity contribution in [1.29, 1.82) is 0 Å². The summed E-state index contributed by atoms with van der Waals surface area (Å²) in [5.41, 5.74) is 0.189. The molecule has 1 fully saturated rings. The van der Waals surface area contributed by atoms with Crippen LogP contribution in [0.3, 0.4) is 0 Å². The number of hydrogen-bond donors (Lipinski definition) is 2. The number of nitrogens with zero attached hydrogens (tertiary/aromatic N) is 1. The third-order valence-corrected chi connectivity index (χ3v) is 3.57. The van der Waals surface area contributed by atoms with Gasteiger partial charge in [0.1, 0.15) is 5.69 Å². The van der Waals surface area contributed by atoms with E-state index >= 15 is 0 Å². The number of pyridine rings is 1. The Morgan fingerprint density at radius 3 is 3.11 bits per heavy atom. The van der Waals surface area contributed by atoms with Crippen LogP contribution in [0.25, 0.3) is 0 Å². The van der Waals surface area contributed by atoms with E-state index in [1.54, 1.807) is 25.4 Å². The summed E-state index contributed by atoms with van der Waals surface area (Å²) in [6.45, 7) is 3.00. The lowest BCUT2D eigenvalue weighted by atomic mass is 9.91. The number of nitrogens with one attached hydrogen (secondary N) is 2. The molecule has 1 unspecified atom stereocenters. The second kappa shape index (κ2) is 6.02. The second-order valence-corrected chi connectivity index (χ2v) is 4.88. The van der Waals surface area contributed by atoms with Crippen molar-refractivity contribution in [3.63, 3.8) is 0 Å². The molecule has 0 radical (unpaired) electrons. The molecule has 2 N–H and O–H groups in total. The normalized spacial score (nSPS) is 22.2. The number of methoxy groups -OCH3 is 1. The maximum absolute atomic E-state index is 12.5. The van der Waals surface area contributed by atoms with E-state index in [4.69, 9.17) is 4.74 Å². The smallest absolute Gasteiger partial charge is 0.244 e. The van der Waals surface area contributed by atoms with Crippen molar-refractivity contribution in [1.82, 2.24) is 10.3 Å². The van der Waals surface area contributed by atoms with Gasteiger partial charge in [-0.2, -0.15) is 0 Å². The molecule has 1 atom stereocenters. The van der Waals surface area contributed by atoms with Gasteiger partial charge in [-0.05, 0) is 37.9 Å². The van der Waals surface area contributed by atoms with Crippen molar-refractivity contribution in [2.45, 2.75) is 38.1 Å². The van der Waals surface area contributed by atoms with Gasteiger partial charge < -0.3 is 15.4 Å². The van der Waals surface area contributed by atoms with Crippen molar-refractivity contribution in [2.24, 2.45) is 0 Å². The Kier molecular flexibility index (Phi) is 4.37. The SMILES string of the molecule is CCCC1(C(=O)Nc2cccnc2OC)CCCN1. The predicted molar refractivity (Wildman–Crippen MR) is 74.3 cm³/mol. The Morgan fingerprint density at radius 1 is 1.63 bits per heavy atom. The summed E-state index contributed by atoms with van der Waals surface area (Å²) in [5, 5.41) is 6.30. The monoisotopic (exact) mass is 263 g/mol. The zero-order valence-electron chi connectivity index (χ0n) is 11.5. The van der Waals surface area contributed by atoms with Crippen LogP contribution in [-0.4, -0.2) is 30.1 Å². The van der Waals surface area contributed by atoms with Gasteiger partial charge >= 0.3 is 0 Å². The highest BCUT2D eigenvalue weighted by Gasteiger charge is 2.40. The molecule has 5 heteroatoms. The van der Waals surface area contributed by atoms with E-state index in [1.165, 1.54) is 0 Å². The standard InChI is InChI=1S/C14H21N3O2/c1-3-7-14(8-5-10-16-14)13(18)17-11-6-4-9-15-12(11)19-2/h4,6,9,16H,3,5,7-8,10H2,1-2H3,(H,17,18). The van der Waals surface area contributed by atoms with Crippen LogP contribution in [0, 0.1) is 0 Å². The minimum Gasteiger partial charge on any atom is -0.480 e. The zero-order valence-corrected chi connectivity index (χ0v) is 11.5. The highest BCUT2D eigenvalue weighted by Crippen LogP contribution is 2.28. The van der Waals surface area contributed by atoms with Crippen LogP contribution in [0.15, 0.2) is 18.3 Å². The Balaban J connectivity index is 2.15. The number of carbonyl (C=O) groups excluding carboxylic acids is 1. The van der Waals surface area contributed by atoms with E-state index in [2.05, 4.69) is 22.5 Å². The number of hydrogen-bond acceptors (Lipinski definition) is 4. The minimum absolute atomic E-state index is 0.0122. The quantitative estimate of drug-likeness (QED) is 0.852. The van der Waals surface area contributed by atoms with Gasteiger partial charge in [0.15, 0.2) is 0 Å². The first-order valence-corrected chi connectivity index (χ1v) is 6.77. The molecule has 1 saturated heterocycles. The fraction of sp³-hybridized carbons (Fsp3) is 0.571. The van der Waals surface area contributed by atoms with E-state index in [0.29, 0.717) is 11.6 Å². The molecule has 19 heavy (non-hydrogen) atoms. The first-order chi connectivity index (χ1) is 9.22. The maximum Gasteiger partial charge on any atom is 0.244 e. The second-order valence-electron chi connectivity index (χ2n) is 4.88. The summed E-state index contributed by atoms with van der Waals surface area (Å²) in [6, 6.07) is 3.59. The summed E-state index contributed by atoms with van der Waals surface area (Å²) in [4.78, 5) is 16.6. The first kappa shape index (κ1) is 13.8. The molecule has 5 nitrogen and oxygen atoms in total. The van der Waals surface area contributed by atoms with Crippen LogP contribution in [0.5, 0.6) is 5.88 Å². The van der Waals surface area contributed by atoms with E-state index in [9.17, 15) is 4.79 Å². The third-order valence-electron chi connectivity index (χ3n) is 3.57. The molecule has 1 aliphatic heterocycles. The van der Waals surface area contributed by atoms with Crippen LogP contribution in [-0.2, 0) is 4.79 Å². The minimum atomic E-state index is -0.435. The highest BCUT2D eigenvalue weighted by molar-refractivity contribution is 5.99. The van der Waals surface area contributed by atoms with Gasteiger partial charge in [-0.1, -0.05) is 13.3 Å². The Hall–Kier alpha value is -1.62. The lowest BCUT2D eigenvalue weighted by molar-refractivity contribution is -0.122. The molecule has 104 valence electrons. The van der Waals surface area contributed by atoms with Gasteiger partial charge in [-0.25, -0.2) is 4.98 Å². The van der Waals surface area contributed by atoms with Gasteiger partial charge in [0.25, 0.3) is 0 Å². The Bertz CT molecular complexity index is 442. The molecule has 1 aromatic heterocycles. The van der Waals surface area contributed by atoms with Crippen molar-refractivity contribution in [3.05, 3.63) is 18.3 Å². The summed E-state index contributed by atoms with van der Waals surface area (Å²) in [6.07, 6.45) is 5.39. The Labute approximate surface area is 113 Å². The van der Waals surface area contributed by atoms with E-state index in [0.717, 1.165) is 32.2 Å². The lowest BCUT2D eigenvalue weighted by Gasteiger charge is -2.28. The number of ether oxygens (including phenoxy) is 1. The van der Waals surface area contributed by atoms with Crippen LogP contribution >= 0.6 is 0 Å². The van der Waals surface area contributed by atoms with Gasteiger partial charge in [0, 0.05) is 6.20 Å². The van der Waals surface area contributed by atoms with Crippen molar-refractivity contribution in [2.75, 3.05) is 19.0 Å². The number of rotatable bonds is 5. The van der Waals surface area contributed by atoms with Crippen molar-refractivity contribution < 1.29 is 9.53 Å². The molecule has 0 spiro atoms. The van der Waals surface area contributed by atoms with E-state index in [1.807, 2.05) is 0 Å². The summed E-state index contributed by atoms with van der Waals surface area (Å²) in [7, 11) is 1.55. The van der Waals surface area contributed by atoms with Gasteiger partial charge in [0.2, 0.25) is 11.8 Å². The molecule has 1 aromatic rings. The molecular formula is C14H21N3O2. The topological polar surface area (TPSA) is 63.2 Å². The van der Waals surface area contributed by atoms with Gasteiger partial charge in [0.05, 0.1) is 12.6 Å². The summed E-state index contributed by atoms with van der Waals surface area (Å²) in [5.74, 6) is 0.457. The zero-order chi connectivity index (χ0) is 13.7. The molecule has 2 heterocycles. The molecular weight excluding hydrogens is 242 g/mol. The van der Waals surface area contributed by atoms with Crippen LogP contribution in [0.1, 0.15) is 32.6 Å². The average Bonchev–Trinajstić information content (AvgIpc) is 2.90. The van der Waals surface area contributed by atoms with Crippen LogP contribution in [0.4, 0.5) is 5.69 Å². The average molecular weight is 263 g/mol.